The number of halogens is 2. The molecular weight excluding hydrogens is 527 g/mol. The molecule has 0 aliphatic carbocycles. The van der Waals surface area contributed by atoms with E-state index in [-0.39, 0.29) is 12.1 Å². The number of aromatic nitrogens is 1. The van der Waals surface area contributed by atoms with Gasteiger partial charge < -0.3 is 24.3 Å². The van der Waals surface area contributed by atoms with E-state index >= 15 is 0 Å². The summed E-state index contributed by atoms with van der Waals surface area (Å²) in [5, 5.41) is 5.03. The summed E-state index contributed by atoms with van der Waals surface area (Å²) in [6.07, 6.45) is 1.79. The van der Waals surface area contributed by atoms with Crippen molar-refractivity contribution in [1.82, 2.24) is 10.3 Å². The van der Waals surface area contributed by atoms with E-state index in [2.05, 4.69) is 44.4 Å². The molecule has 2 aromatic carbocycles. The number of rotatable bonds is 5. The Kier molecular flexibility index (Phi) is 6.78. The number of morpholine rings is 1. The first-order chi connectivity index (χ1) is 18.1. The molecule has 0 bridgehead atoms. The third-order valence-electron chi connectivity index (χ3n) is 6.74. The fourth-order valence-electron chi connectivity index (χ4n) is 4.92. The first kappa shape index (κ1) is 24.2. The molecule has 188 valence electrons. The van der Waals surface area contributed by atoms with Crippen LogP contribution in [0.5, 0.6) is 0 Å². The van der Waals surface area contributed by atoms with Crippen LogP contribution in [0.25, 0.3) is 11.3 Å². The van der Waals surface area contributed by atoms with Gasteiger partial charge >= 0.3 is 0 Å². The molecule has 2 unspecified atom stereocenters. The van der Waals surface area contributed by atoms with Gasteiger partial charge in [0.15, 0.2) is 5.11 Å². The van der Waals surface area contributed by atoms with Crippen LogP contribution in [-0.2, 0) is 4.74 Å². The molecule has 6 nitrogen and oxygen atoms in total. The molecule has 0 spiro atoms. The first-order valence-corrected chi connectivity index (χ1v) is 13.2. The minimum atomic E-state index is -0.261. The van der Waals surface area contributed by atoms with Crippen LogP contribution in [0.4, 0.5) is 11.4 Å². The van der Waals surface area contributed by atoms with Gasteiger partial charge in [-0.2, -0.15) is 0 Å². The van der Waals surface area contributed by atoms with Gasteiger partial charge in [0.05, 0.1) is 35.0 Å². The van der Waals surface area contributed by atoms with Crippen LogP contribution in [0, 0.1) is 0 Å². The summed E-state index contributed by atoms with van der Waals surface area (Å²) >= 11 is 18.6. The Labute approximate surface area is 230 Å². The predicted molar refractivity (Wildman–Crippen MR) is 152 cm³/mol. The van der Waals surface area contributed by atoms with Crippen molar-refractivity contribution in [2.75, 3.05) is 36.1 Å². The second-order valence-electron chi connectivity index (χ2n) is 8.92. The van der Waals surface area contributed by atoms with Crippen LogP contribution in [0.15, 0.2) is 83.4 Å². The van der Waals surface area contributed by atoms with E-state index in [9.17, 15) is 0 Å². The van der Waals surface area contributed by atoms with Gasteiger partial charge in [0, 0.05) is 36.2 Å². The third kappa shape index (κ3) is 4.68. The largest absolute Gasteiger partial charge is 0.459 e. The second-order valence-corrected chi connectivity index (χ2v) is 10.1. The zero-order valence-electron chi connectivity index (χ0n) is 19.8. The molecule has 37 heavy (non-hydrogen) atoms. The lowest BCUT2D eigenvalue weighted by Crippen LogP contribution is -2.36. The Hall–Kier alpha value is -3.10. The van der Waals surface area contributed by atoms with Gasteiger partial charge in [0.1, 0.15) is 17.6 Å². The van der Waals surface area contributed by atoms with E-state index < -0.39 is 0 Å². The maximum Gasteiger partial charge on any atom is 0.174 e. The molecule has 1 N–H and O–H groups in total. The smallest absolute Gasteiger partial charge is 0.174 e. The van der Waals surface area contributed by atoms with Crippen molar-refractivity contribution in [2.45, 2.75) is 12.1 Å². The highest BCUT2D eigenvalue weighted by Crippen LogP contribution is 2.44. The molecule has 4 aromatic rings. The number of thiocarbonyl (C=S) groups is 1. The molecule has 0 amide bonds. The van der Waals surface area contributed by atoms with Crippen LogP contribution in [0.2, 0.25) is 10.0 Å². The number of hydrogen-bond donors (Lipinski definition) is 1. The number of furan rings is 1. The van der Waals surface area contributed by atoms with E-state index in [1.54, 1.807) is 12.3 Å². The number of benzene rings is 2. The van der Waals surface area contributed by atoms with Gasteiger partial charge in [-0.3, -0.25) is 4.98 Å². The van der Waals surface area contributed by atoms with Crippen molar-refractivity contribution in [1.29, 1.82) is 0 Å². The maximum atomic E-state index is 6.49. The average Bonchev–Trinajstić information content (AvgIpc) is 3.56. The van der Waals surface area contributed by atoms with Gasteiger partial charge in [-0.25, -0.2) is 0 Å². The first-order valence-electron chi connectivity index (χ1n) is 12.1. The lowest BCUT2D eigenvalue weighted by Gasteiger charge is -2.30. The zero-order chi connectivity index (χ0) is 25.4. The average molecular weight is 551 g/mol. The van der Waals surface area contributed by atoms with Crippen molar-refractivity contribution < 1.29 is 9.15 Å². The number of pyridine rings is 1. The SMILES string of the molecule is S=C1NC(c2ccccn2)C(c2ccc(-c3cccc(Cl)c3Cl)o2)N1c1ccc(N2CCOCC2)cc1. The van der Waals surface area contributed by atoms with Gasteiger partial charge in [-0.1, -0.05) is 35.3 Å². The van der Waals surface area contributed by atoms with Gasteiger partial charge in [0.25, 0.3) is 0 Å². The molecule has 6 rings (SSSR count). The van der Waals surface area contributed by atoms with Crippen LogP contribution >= 0.6 is 35.4 Å². The molecule has 2 aromatic heterocycles. The Morgan fingerprint density at radius 2 is 1.68 bits per heavy atom. The van der Waals surface area contributed by atoms with Crippen LogP contribution in [0.1, 0.15) is 23.5 Å². The van der Waals surface area contributed by atoms with Crippen molar-refractivity contribution in [3.8, 4) is 11.3 Å². The molecule has 2 saturated heterocycles. The fraction of sp³-hybridized carbons (Fsp3) is 0.214. The highest BCUT2D eigenvalue weighted by molar-refractivity contribution is 7.80. The maximum absolute atomic E-state index is 6.49. The number of nitrogens with zero attached hydrogens (tertiary/aromatic N) is 3. The predicted octanol–water partition coefficient (Wildman–Crippen LogP) is 6.66. The van der Waals surface area contributed by atoms with Gasteiger partial charge in [0.2, 0.25) is 0 Å². The topological polar surface area (TPSA) is 53.8 Å². The summed E-state index contributed by atoms with van der Waals surface area (Å²) in [6, 6.07) is 23.3. The summed E-state index contributed by atoms with van der Waals surface area (Å²) in [4.78, 5) is 9.04. The lowest BCUT2D eigenvalue weighted by molar-refractivity contribution is 0.122. The molecule has 0 saturated carbocycles. The second kappa shape index (κ2) is 10.3. The van der Waals surface area contributed by atoms with Crippen LogP contribution in [-0.4, -0.2) is 36.4 Å². The molecule has 2 atom stereocenters. The lowest BCUT2D eigenvalue weighted by atomic mass is 10.0. The number of hydrogen-bond acceptors (Lipinski definition) is 5. The van der Waals surface area contributed by atoms with Crippen molar-refractivity contribution in [3.63, 3.8) is 0 Å². The van der Waals surface area contributed by atoms with Crippen LogP contribution < -0.4 is 15.1 Å². The van der Waals surface area contributed by atoms with Crippen LogP contribution in [0.3, 0.4) is 0 Å². The van der Waals surface area contributed by atoms with E-state index in [1.165, 1.54) is 5.69 Å². The Morgan fingerprint density at radius 3 is 2.43 bits per heavy atom. The molecule has 2 aliphatic heterocycles. The number of nitrogens with one attached hydrogen (secondary N) is 1. The summed E-state index contributed by atoms with van der Waals surface area (Å²) in [6.45, 7) is 3.25. The summed E-state index contributed by atoms with van der Waals surface area (Å²) < 4.78 is 11.9. The van der Waals surface area contributed by atoms with E-state index in [1.807, 2.05) is 42.5 Å². The van der Waals surface area contributed by atoms with Gasteiger partial charge in [-0.05, 0) is 72.9 Å². The quantitative estimate of drug-likeness (QED) is 0.279. The summed E-state index contributed by atoms with van der Waals surface area (Å²) in [5.41, 5.74) is 3.75. The minimum Gasteiger partial charge on any atom is -0.459 e. The standard InChI is InChI=1S/C28H24Cl2N4O2S/c29-21-5-3-4-20(25(21)30)23-11-12-24(36-23)27-26(22-6-1-2-13-31-22)32-28(37)34(27)19-9-7-18(8-10-19)33-14-16-35-17-15-33/h1-13,26-27H,14-17H2,(H,32,37). The van der Waals surface area contributed by atoms with Gasteiger partial charge in [-0.15, -0.1) is 0 Å². The minimum absolute atomic E-state index is 0.207. The molecule has 2 aliphatic rings. The Morgan fingerprint density at radius 1 is 0.892 bits per heavy atom. The molecule has 4 heterocycles. The van der Waals surface area contributed by atoms with Crippen molar-refractivity contribution >= 4 is 51.9 Å². The summed E-state index contributed by atoms with van der Waals surface area (Å²) in [5.74, 6) is 1.38. The normalized spacial score (nSPS) is 19.8. The highest BCUT2D eigenvalue weighted by atomic mass is 35.5. The monoisotopic (exact) mass is 550 g/mol. The third-order valence-corrected chi connectivity index (χ3v) is 7.87. The van der Waals surface area contributed by atoms with E-state index in [0.29, 0.717) is 20.9 Å². The number of ether oxygens (including phenoxy) is 1. The fourth-order valence-corrected chi connectivity index (χ4v) is 5.66. The summed E-state index contributed by atoms with van der Waals surface area (Å²) in [7, 11) is 0. The number of anilines is 2. The van der Waals surface area contributed by atoms with Crippen molar-refractivity contribution in [3.05, 3.63) is 100 Å². The molecule has 9 heteroatoms. The van der Waals surface area contributed by atoms with E-state index in [0.717, 1.165) is 49.0 Å². The zero-order valence-corrected chi connectivity index (χ0v) is 22.1. The van der Waals surface area contributed by atoms with Crippen molar-refractivity contribution in [2.24, 2.45) is 0 Å². The Balaban J connectivity index is 1.38. The molecule has 2 fully saturated rings. The molecular formula is C28H24Cl2N4O2S. The highest BCUT2D eigenvalue weighted by Gasteiger charge is 2.42. The van der Waals surface area contributed by atoms with E-state index in [4.69, 9.17) is 44.6 Å². The Bertz CT molecular complexity index is 1410. The molecule has 0 radical (unpaired) electrons.